The van der Waals surface area contributed by atoms with Gasteiger partial charge in [-0.1, -0.05) is 6.42 Å². The molecule has 2 aromatic rings. The van der Waals surface area contributed by atoms with Crippen molar-refractivity contribution in [1.29, 1.82) is 0 Å². The van der Waals surface area contributed by atoms with Gasteiger partial charge in [0.2, 0.25) is 4.90 Å². The Labute approximate surface area is 158 Å². The van der Waals surface area contributed by atoms with Crippen LogP contribution in [0.25, 0.3) is 0 Å². The smallest absolute Gasteiger partial charge is 0.274 e. The fraction of sp³-hybridized carbons (Fsp3) is 0.389. The van der Waals surface area contributed by atoms with Gasteiger partial charge >= 0.3 is 0 Å². The standard InChI is InChI=1S/C18H20F2N4O2S/c1-23-10-15-16(21-9-12-4-2-3-7-24(12)27(15)26)17(23)18(25)22-11-5-6-13(19)14(20)8-11/h5-6,8,10,12,21H,2-4,7,9H2,1H3,(H,22,25). The summed E-state index contributed by atoms with van der Waals surface area (Å²) >= 11 is -1.35. The number of fused-ring (bicyclic) bond motifs is 2. The number of aryl methyl sites for hydroxylation is 1. The molecule has 0 aliphatic carbocycles. The van der Waals surface area contributed by atoms with E-state index in [1.807, 2.05) is 4.31 Å². The number of rotatable bonds is 2. The summed E-state index contributed by atoms with van der Waals surface area (Å²) in [5.41, 5.74) is 0.995. The third-order valence-corrected chi connectivity index (χ3v) is 6.62. The van der Waals surface area contributed by atoms with Gasteiger partial charge in [0.25, 0.3) is 5.91 Å². The zero-order valence-corrected chi connectivity index (χ0v) is 15.6. The summed E-state index contributed by atoms with van der Waals surface area (Å²) in [6, 6.07) is 3.35. The molecule has 4 rings (SSSR count). The molecule has 0 saturated carbocycles. The average molecular weight is 394 g/mol. The molecule has 2 aliphatic heterocycles. The summed E-state index contributed by atoms with van der Waals surface area (Å²) in [7, 11) is 1.70. The molecule has 0 spiro atoms. The molecule has 1 aromatic carbocycles. The van der Waals surface area contributed by atoms with Crippen molar-refractivity contribution in [3.05, 3.63) is 41.7 Å². The van der Waals surface area contributed by atoms with Crippen LogP contribution in [0.2, 0.25) is 0 Å². The lowest BCUT2D eigenvalue weighted by Crippen LogP contribution is -2.45. The van der Waals surface area contributed by atoms with E-state index < -0.39 is 28.9 Å². The van der Waals surface area contributed by atoms with Crippen LogP contribution in [0.3, 0.4) is 0 Å². The van der Waals surface area contributed by atoms with Crippen molar-refractivity contribution in [3.63, 3.8) is 0 Å². The maximum Gasteiger partial charge on any atom is 0.274 e. The van der Waals surface area contributed by atoms with Gasteiger partial charge in [-0.05, 0) is 25.0 Å². The number of amides is 1. The summed E-state index contributed by atoms with van der Waals surface area (Å²) < 4.78 is 43.2. The van der Waals surface area contributed by atoms with E-state index in [1.54, 1.807) is 17.8 Å². The van der Waals surface area contributed by atoms with Crippen molar-refractivity contribution in [3.8, 4) is 0 Å². The van der Waals surface area contributed by atoms with E-state index in [4.69, 9.17) is 0 Å². The quantitative estimate of drug-likeness (QED) is 0.769. The highest BCUT2D eigenvalue weighted by Crippen LogP contribution is 2.36. The summed E-state index contributed by atoms with van der Waals surface area (Å²) in [5.74, 6) is -2.49. The SMILES string of the molecule is Cn1cc2c(c1C(=O)Nc1ccc(F)c(F)c1)NCC1CCCCN1[S+]2[O-]. The molecule has 0 bridgehead atoms. The van der Waals surface area contributed by atoms with Crippen LogP contribution < -0.4 is 10.6 Å². The molecule has 144 valence electrons. The summed E-state index contributed by atoms with van der Waals surface area (Å²) in [4.78, 5) is 13.4. The Bertz CT molecular complexity index is 888. The molecule has 0 radical (unpaired) electrons. The van der Waals surface area contributed by atoms with Gasteiger partial charge in [-0.3, -0.25) is 4.79 Å². The zero-order valence-electron chi connectivity index (χ0n) is 14.8. The van der Waals surface area contributed by atoms with E-state index in [9.17, 15) is 18.1 Å². The highest BCUT2D eigenvalue weighted by atomic mass is 32.2. The predicted molar refractivity (Wildman–Crippen MR) is 99.0 cm³/mol. The van der Waals surface area contributed by atoms with Crippen molar-refractivity contribution in [1.82, 2.24) is 8.87 Å². The van der Waals surface area contributed by atoms with Gasteiger partial charge in [0, 0.05) is 31.9 Å². The molecule has 2 atom stereocenters. The normalized spacial score (nSPS) is 22.4. The first-order valence-corrected chi connectivity index (χ1v) is 9.94. The van der Waals surface area contributed by atoms with Crippen LogP contribution in [0.5, 0.6) is 0 Å². The minimum absolute atomic E-state index is 0.154. The second kappa shape index (κ2) is 7.14. The van der Waals surface area contributed by atoms with Gasteiger partial charge in [0.1, 0.15) is 11.4 Å². The van der Waals surface area contributed by atoms with Crippen molar-refractivity contribution in [2.45, 2.75) is 30.2 Å². The molecule has 2 unspecified atom stereocenters. The highest BCUT2D eigenvalue weighted by Gasteiger charge is 2.40. The molecule has 1 fully saturated rings. The second-order valence-corrected chi connectivity index (χ2v) is 8.24. The van der Waals surface area contributed by atoms with Gasteiger partial charge in [-0.25, -0.2) is 8.78 Å². The first-order chi connectivity index (χ1) is 13.0. The Morgan fingerprint density at radius 2 is 2.15 bits per heavy atom. The maximum atomic E-state index is 13.4. The van der Waals surface area contributed by atoms with Crippen molar-refractivity contribution in [2.75, 3.05) is 23.7 Å². The maximum absolute atomic E-state index is 13.4. The molecule has 3 heterocycles. The molecule has 1 amide bonds. The molecule has 1 saturated heterocycles. The number of benzene rings is 1. The van der Waals surface area contributed by atoms with E-state index in [0.717, 1.165) is 37.9 Å². The van der Waals surface area contributed by atoms with Crippen LogP contribution in [0.1, 0.15) is 29.8 Å². The third-order valence-electron chi connectivity index (χ3n) is 5.03. The molecule has 2 N–H and O–H groups in total. The van der Waals surface area contributed by atoms with E-state index in [-0.39, 0.29) is 11.7 Å². The Hall–Kier alpha value is -2.10. The fourth-order valence-electron chi connectivity index (χ4n) is 3.68. The number of nitrogens with one attached hydrogen (secondary N) is 2. The van der Waals surface area contributed by atoms with Gasteiger partial charge in [0.15, 0.2) is 11.6 Å². The summed E-state index contributed by atoms with van der Waals surface area (Å²) in [5, 5.41) is 5.86. The lowest BCUT2D eigenvalue weighted by atomic mass is 10.1. The highest BCUT2D eigenvalue weighted by molar-refractivity contribution is 7.89. The number of piperidine rings is 1. The molecule has 2 aliphatic rings. The number of nitrogens with zero attached hydrogens (tertiary/aromatic N) is 2. The summed E-state index contributed by atoms with van der Waals surface area (Å²) in [6.07, 6.45) is 4.76. The molecule has 1 aromatic heterocycles. The molecule has 6 nitrogen and oxygen atoms in total. The minimum Gasteiger partial charge on any atom is -0.593 e. The first kappa shape index (κ1) is 18.3. The average Bonchev–Trinajstić information content (AvgIpc) is 2.92. The molecule has 9 heteroatoms. The van der Waals surface area contributed by atoms with Gasteiger partial charge in [-0.15, -0.1) is 4.31 Å². The second-order valence-electron chi connectivity index (χ2n) is 6.83. The van der Waals surface area contributed by atoms with Crippen LogP contribution in [-0.2, 0) is 18.4 Å². The number of anilines is 2. The van der Waals surface area contributed by atoms with Crippen molar-refractivity contribution < 1.29 is 18.1 Å². The molecular weight excluding hydrogens is 374 g/mol. The number of hydrogen-bond donors (Lipinski definition) is 2. The fourth-order valence-corrected chi connectivity index (χ4v) is 5.27. The number of carbonyl (C=O) groups is 1. The zero-order chi connectivity index (χ0) is 19.1. The number of halogens is 2. The first-order valence-electron chi connectivity index (χ1n) is 8.84. The Morgan fingerprint density at radius 1 is 1.33 bits per heavy atom. The van der Waals surface area contributed by atoms with E-state index in [1.165, 1.54) is 6.07 Å². The largest absolute Gasteiger partial charge is 0.593 e. The van der Waals surface area contributed by atoms with E-state index in [0.29, 0.717) is 22.8 Å². The van der Waals surface area contributed by atoms with Gasteiger partial charge in [0.05, 0.1) is 23.6 Å². The van der Waals surface area contributed by atoms with Crippen molar-refractivity contribution in [2.24, 2.45) is 7.05 Å². The van der Waals surface area contributed by atoms with Crippen LogP contribution in [0, 0.1) is 11.6 Å². The van der Waals surface area contributed by atoms with Crippen LogP contribution in [0.4, 0.5) is 20.2 Å². The number of carbonyl (C=O) groups excluding carboxylic acids is 1. The van der Waals surface area contributed by atoms with Crippen LogP contribution >= 0.6 is 0 Å². The van der Waals surface area contributed by atoms with Gasteiger partial charge < -0.3 is 19.8 Å². The third kappa shape index (κ3) is 3.30. The predicted octanol–water partition coefficient (Wildman–Crippen LogP) is 2.86. The molecular formula is C18H20F2N4O2S. The Kier molecular flexibility index (Phi) is 4.83. The van der Waals surface area contributed by atoms with Gasteiger partial charge in [-0.2, -0.15) is 0 Å². The Morgan fingerprint density at radius 3 is 2.93 bits per heavy atom. The lowest BCUT2D eigenvalue weighted by Gasteiger charge is -2.32. The lowest BCUT2D eigenvalue weighted by molar-refractivity contribution is 0.102. The van der Waals surface area contributed by atoms with E-state index in [2.05, 4.69) is 10.6 Å². The minimum atomic E-state index is -1.35. The summed E-state index contributed by atoms with van der Waals surface area (Å²) in [6.45, 7) is 1.37. The van der Waals surface area contributed by atoms with Crippen LogP contribution in [-0.4, -0.2) is 38.5 Å². The Balaban J connectivity index is 1.64. The topological polar surface area (TPSA) is 72.4 Å². The monoisotopic (exact) mass is 394 g/mol. The van der Waals surface area contributed by atoms with E-state index >= 15 is 0 Å². The number of aromatic nitrogens is 1. The van der Waals surface area contributed by atoms with Crippen molar-refractivity contribution >= 4 is 28.6 Å². The molecule has 27 heavy (non-hydrogen) atoms. The number of hydrogen-bond acceptors (Lipinski definition) is 4. The van der Waals surface area contributed by atoms with Crippen LogP contribution in [0.15, 0.2) is 29.3 Å².